The number of aromatic nitrogens is 3. The van der Waals surface area contributed by atoms with Crippen LogP contribution in [0.4, 0.5) is 40.3 Å². The zero-order valence-corrected chi connectivity index (χ0v) is 29.3. The maximum absolute atomic E-state index is 13.6. The largest absolute Gasteiger partial charge is 0.397 e. The summed E-state index contributed by atoms with van der Waals surface area (Å²) in [4.78, 5) is 37.6. The highest BCUT2D eigenvalue weighted by molar-refractivity contribution is 7.86. The minimum atomic E-state index is -5.01. The zero-order chi connectivity index (χ0) is 38.2. The van der Waals surface area contributed by atoms with Gasteiger partial charge in [0.1, 0.15) is 9.79 Å². The van der Waals surface area contributed by atoms with Crippen LogP contribution in [0.5, 0.6) is 0 Å². The van der Waals surface area contributed by atoms with Crippen LogP contribution >= 0.6 is 11.6 Å². The molecule has 8 N–H and O–H groups in total. The average Bonchev–Trinajstić information content (AvgIpc) is 3.03. The molecule has 0 radical (unpaired) electrons. The lowest BCUT2D eigenvalue weighted by molar-refractivity contribution is 0.0980. The molecule has 52 heavy (non-hydrogen) atoms. The maximum atomic E-state index is 13.6. The van der Waals surface area contributed by atoms with Gasteiger partial charge in [0.2, 0.25) is 17.2 Å². The molecule has 0 saturated carbocycles. The van der Waals surface area contributed by atoms with Crippen molar-refractivity contribution in [3.8, 4) is 0 Å². The number of hydrogen-bond acceptors (Lipinski definition) is 15. The van der Waals surface area contributed by atoms with Gasteiger partial charge in [-0.25, -0.2) is 0 Å². The molecule has 1 aromatic heterocycles. The second kappa shape index (κ2) is 14.2. The van der Waals surface area contributed by atoms with Crippen molar-refractivity contribution < 1.29 is 48.5 Å². The number of anilines is 7. The summed E-state index contributed by atoms with van der Waals surface area (Å²) < 4.78 is 95.3. The third-order valence-corrected chi connectivity index (χ3v) is 8.86. The Labute approximate surface area is 300 Å². The summed E-state index contributed by atoms with van der Waals surface area (Å²) in [5.74, 6) is -1.63. The minimum Gasteiger partial charge on any atom is -0.397 e. The lowest BCUT2D eigenvalue weighted by atomic mass is 9.82. The first-order chi connectivity index (χ1) is 24.2. The third kappa shape index (κ3) is 8.66. The summed E-state index contributed by atoms with van der Waals surface area (Å²) in [7, 11) is -13.6. The number of halogens is 1. The van der Waals surface area contributed by atoms with E-state index in [0.29, 0.717) is 11.9 Å². The number of nitrogen functional groups attached to an aromatic ring is 1. The Hall–Kier alpha value is -5.55. The smallest absolute Gasteiger partial charge is 0.296 e. The standard InChI is InChI=1S/C29H20ClN7O8S2.CH4O3S/c30-27-35-28(33-14-6-2-1-3-7-14)37-29(36-27)34-18-11-10-15(12-20(18)46(40,41)42)32-19-13-21(47(43,44)45)24(31)23-22(19)25(38)16-8-4-5-9-17(16)26(23)39;1-5(2,3)4/h1-13,32H,31H2,(H,40,41,42)(H,43,44,45)(H2,33,34,35,36,37);1H3,(H,2,3,4). The summed E-state index contributed by atoms with van der Waals surface area (Å²) in [5, 5.41) is 8.07. The monoisotopic (exact) mass is 789 g/mol. The van der Waals surface area contributed by atoms with Crippen molar-refractivity contribution in [1.82, 2.24) is 15.0 Å². The molecule has 0 aliphatic heterocycles. The molecule has 5 aromatic rings. The van der Waals surface area contributed by atoms with Crippen LogP contribution in [0.3, 0.4) is 0 Å². The number of carbonyl (C=O) groups is 2. The zero-order valence-electron chi connectivity index (χ0n) is 26.1. The van der Waals surface area contributed by atoms with E-state index in [1.807, 2.05) is 0 Å². The normalized spacial score (nSPS) is 12.6. The molecule has 0 atom stereocenters. The van der Waals surface area contributed by atoms with Gasteiger partial charge >= 0.3 is 0 Å². The van der Waals surface area contributed by atoms with Gasteiger partial charge in [-0.1, -0.05) is 42.5 Å². The minimum absolute atomic E-state index is 0.0161. The molecule has 1 aliphatic rings. The number of carbonyl (C=O) groups excluding carboxylic acids is 2. The van der Waals surface area contributed by atoms with Gasteiger partial charge in [0.15, 0.2) is 11.6 Å². The van der Waals surface area contributed by atoms with E-state index < -0.39 is 63.0 Å². The van der Waals surface area contributed by atoms with E-state index in [-0.39, 0.29) is 50.9 Å². The summed E-state index contributed by atoms with van der Waals surface area (Å²) in [6, 6.07) is 19.0. The van der Waals surface area contributed by atoms with Crippen molar-refractivity contribution in [1.29, 1.82) is 0 Å². The lowest BCUT2D eigenvalue weighted by Gasteiger charge is -2.24. The molecule has 270 valence electrons. The van der Waals surface area contributed by atoms with E-state index in [1.54, 1.807) is 30.3 Å². The maximum Gasteiger partial charge on any atom is 0.296 e. The number of nitrogens with zero attached hydrogens (tertiary/aromatic N) is 3. The third-order valence-electron chi connectivity index (χ3n) is 6.90. The van der Waals surface area contributed by atoms with Crippen LogP contribution in [0.25, 0.3) is 0 Å². The quantitative estimate of drug-likeness (QED) is 0.0843. The molecule has 6 rings (SSSR count). The molecule has 1 heterocycles. The Morgan fingerprint density at radius 1 is 0.615 bits per heavy atom. The van der Waals surface area contributed by atoms with Crippen LogP contribution in [0.1, 0.15) is 31.8 Å². The number of ketones is 2. The van der Waals surface area contributed by atoms with Gasteiger partial charge in [-0.2, -0.15) is 40.2 Å². The fourth-order valence-electron chi connectivity index (χ4n) is 4.91. The average molecular weight is 790 g/mol. The highest BCUT2D eigenvalue weighted by Gasteiger charge is 2.36. The molecule has 22 heteroatoms. The summed E-state index contributed by atoms with van der Waals surface area (Å²) in [6.45, 7) is 0. The van der Waals surface area contributed by atoms with Gasteiger partial charge in [0.05, 0.1) is 34.4 Å². The number of para-hydroxylation sites is 1. The van der Waals surface area contributed by atoms with E-state index in [1.165, 1.54) is 36.4 Å². The van der Waals surface area contributed by atoms with E-state index in [9.17, 15) is 43.9 Å². The van der Waals surface area contributed by atoms with Crippen molar-refractivity contribution in [2.45, 2.75) is 9.79 Å². The number of nitrogens with two attached hydrogens (primary N) is 1. The summed E-state index contributed by atoms with van der Waals surface area (Å²) >= 11 is 6.05. The number of fused-ring (bicyclic) bond motifs is 2. The molecule has 18 nitrogen and oxygen atoms in total. The molecular weight excluding hydrogens is 766 g/mol. The van der Waals surface area contributed by atoms with Gasteiger partial charge in [-0.05, 0) is 48.0 Å². The van der Waals surface area contributed by atoms with Crippen molar-refractivity contribution in [2.24, 2.45) is 0 Å². The van der Waals surface area contributed by atoms with E-state index in [0.717, 1.165) is 12.1 Å². The Morgan fingerprint density at radius 2 is 1.13 bits per heavy atom. The Kier molecular flexibility index (Phi) is 10.3. The number of nitrogens with one attached hydrogen (secondary N) is 3. The van der Waals surface area contributed by atoms with E-state index in [4.69, 9.17) is 21.9 Å². The molecule has 0 saturated heterocycles. The number of hydrogen-bond donors (Lipinski definition) is 7. The topological polar surface area (TPSA) is 298 Å². The van der Waals surface area contributed by atoms with Crippen LogP contribution in [-0.4, -0.2) is 71.7 Å². The van der Waals surface area contributed by atoms with Gasteiger partial charge in [-0.3, -0.25) is 23.2 Å². The summed E-state index contributed by atoms with van der Waals surface area (Å²) in [6.07, 6.45) is 0.715. The van der Waals surface area contributed by atoms with Crippen LogP contribution in [0.15, 0.2) is 88.7 Å². The summed E-state index contributed by atoms with van der Waals surface area (Å²) in [5.41, 5.74) is 4.62. The molecule has 0 bridgehead atoms. The fraction of sp³-hybridized carbons (Fsp3) is 0.0333. The second-order valence-corrected chi connectivity index (χ2v) is 15.3. The van der Waals surface area contributed by atoms with Gasteiger partial charge in [0.25, 0.3) is 30.4 Å². The van der Waals surface area contributed by atoms with Crippen molar-refractivity contribution in [2.75, 3.05) is 27.9 Å². The molecule has 4 aromatic carbocycles. The van der Waals surface area contributed by atoms with Gasteiger partial charge < -0.3 is 21.7 Å². The van der Waals surface area contributed by atoms with Gasteiger partial charge in [-0.15, -0.1) is 0 Å². The predicted octanol–water partition coefficient (Wildman–Crippen LogP) is 4.11. The Morgan fingerprint density at radius 3 is 1.69 bits per heavy atom. The van der Waals surface area contributed by atoms with Crippen LogP contribution < -0.4 is 21.7 Å². The lowest BCUT2D eigenvalue weighted by Crippen LogP contribution is -2.25. The molecular formula is C30H24ClN7O11S3. The molecule has 0 fully saturated rings. The number of benzene rings is 4. The van der Waals surface area contributed by atoms with Gasteiger partial charge in [0, 0.05) is 22.5 Å². The van der Waals surface area contributed by atoms with E-state index >= 15 is 0 Å². The van der Waals surface area contributed by atoms with Crippen molar-refractivity contribution in [3.63, 3.8) is 0 Å². The van der Waals surface area contributed by atoms with Crippen LogP contribution in [-0.2, 0) is 30.4 Å². The van der Waals surface area contributed by atoms with Crippen LogP contribution in [0.2, 0.25) is 5.28 Å². The van der Waals surface area contributed by atoms with Crippen molar-refractivity contribution in [3.05, 3.63) is 106 Å². The second-order valence-electron chi connectivity index (χ2n) is 10.7. The van der Waals surface area contributed by atoms with Crippen LogP contribution in [0, 0.1) is 0 Å². The SMILES string of the molecule is CS(=O)(=O)O.Nc1c(S(=O)(=O)O)cc(Nc2ccc(Nc3nc(Cl)nc(Nc4ccccc4)n3)c(S(=O)(=O)O)c2)c2c1C(=O)c1ccccc1C2=O. The Balaban J connectivity index is 0.000000979. The number of rotatable bonds is 8. The first-order valence-corrected chi connectivity index (χ1v) is 19.3. The molecule has 0 amide bonds. The van der Waals surface area contributed by atoms with Crippen molar-refractivity contribution >= 4 is 93.9 Å². The highest BCUT2D eigenvalue weighted by atomic mass is 35.5. The molecule has 1 aliphatic carbocycles. The van der Waals surface area contributed by atoms with E-state index in [2.05, 4.69) is 30.9 Å². The Bertz CT molecular complexity index is 2600. The molecule has 0 spiro atoms. The first-order valence-electron chi connectivity index (χ1n) is 14.1. The highest BCUT2D eigenvalue weighted by Crippen LogP contribution is 2.40. The molecule has 0 unspecified atom stereocenters. The predicted molar refractivity (Wildman–Crippen MR) is 189 cm³/mol. The fourth-order valence-corrected chi connectivity index (χ4v) is 6.39. The first kappa shape index (κ1) is 37.7.